The van der Waals surface area contributed by atoms with Crippen LogP contribution in [0.3, 0.4) is 0 Å². The minimum Gasteiger partial charge on any atom is -0.374 e. The van der Waals surface area contributed by atoms with E-state index < -0.39 is 18.3 Å². The second kappa shape index (κ2) is 12.9. The van der Waals surface area contributed by atoms with Crippen molar-refractivity contribution in [3.63, 3.8) is 0 Å². The molecule has 0 aromatic carbocycles. The molecule has 0 aromatic rings. The summed E-state index contributed by atoms with van der Waals surface area (Å²) in [6, 6.07) is 1.92. The second-order valence-corrected chi connectivity index (χ2v) is 8.90. The maximum absolute atomic E-state index is 5.85. The Labute approximate surface area is 127 Å². The molecule has 0 saturated heterocycles. The van der Waals surface area contributed by atoms with E-state index in [1.165, 1.54) is 0 Å². The first kappa shape index (κ1) is 20.2. The lowest BCUT2D eigenvalue weighted by molar-refractivity contribution is -0.0827. The van der Waals surface area contributed by atoms with Gasteiger partial charge in [0.15, 0.2) is 0 Å². The van der Waals surface area contributed by atoms with E-state index in [2.05, 4.69) is 0 Å². The van der Waals surface area contributed by atoms with Gasteiger partial charge >= 0.3 is 8.80 Å². The van der Waals surface area contributed by atoms with Gasteiger partial charge in [0.05, 0.1) is 9.52 Å². The Morgan fingerprint density at radius 2 is 1.20 bits per heavy atom. The van der Waals surface area contributed by atoms with Gasteiger partial charge in [0.2, 0.25) is 0 Å². The van der Waals surface area contributed by atoms with Crippen molar-refractivity contribution >= 4 is 18.3 Å². The Hall–Kier alpha value is 0.234. The van der Waals surface area contributed by atoms with E-state index in [4.69, 9.17) is 22.8 Å². The van der Waals surface area contributed by atoms with Gasteiger partial charge in [-0.1, -0.05) is 6.04 Å². The smallest absolute Gasteiger partial charge is 0.374 e. The van der Waals surface area contributed by atoms with Crippen LogP contribution in [0.1, 0.15) is 34.6 Å². The quantitative estimate of drug-likeness (QED) is 0.361. The van der Waals surface area contributed by atoms with Crippen molar-refractivity contribution in [2.75, 3.05) is 33.0 Å². The van der Waals surface area contributed by atoms with E-state index in [9.17, 15) is 0 Å². The van der Waals surface area contributed by atoms with Crippen molar-refractivity contribution in [2.24, 2.45) is 0 Å². The predicted octanol–water partition coefficient (Wildman–Crippen LogP) is 1.98. The molecule has 0 heterocycles. The van der Waals surface area contributed by atoms with Crippen molar-refractivity contribution < 1.29 is 22.8 Å². The van der Waals surface area contributed by atoms with Crippen LogP contribution in [-0.4, -0.2) is 57.3 Å². The molecule has 0 aliphatic carbocycles. The molecule has 0 saturated carbocycles. The highest BCUT2D eigenvalue weighted by Crippen LogP contribution is 2.19. The zero-order valence-electron chi connectivity index (χ0n) is 13.8. The molecule has 0 amide bonds. The van der Waals surface area contributed by atoms with E-state index in [0.29, 0.717) is 33.0 Å². The summed E-state index contributed by atoms with van der Waals surface area (Å²) in [7, 11) is -2.96. The largest absolute Gasteiger partial charge is 0.500 e. The van der Waals surface area contributed by atoms with E-state index in [0.717, 1.165) is 12.1 Å². The monoisotopic (exact) mass is 324 g/mol. The topological polar surface area (TPSA) is 46.2 Å². The van der Waals surface area contributed by atoms with E-state index in [1.807, 2.05) is 34.6 Å². The van der Waals surface area contributed by atoms with Crippen LogP contribution in [0.2, 0.25) is 12.1 Å². The van der Waals surface area contributed by atoms with Gasteiger partial charge in [-0.25, -0.2) is 0 Å². The molecule has 20 heavy (non-hydrogen) atoms. The first-order valence-electron chi connectivity index (χ1n) is 7.82. The van der Waals surface area contributed by atoms with Gasteiger partial charge in [-0.3, -0.25) is 0 Å². The summed E-state index contributed by atoms with van der Waals surface area (Å²) in [5.41, 5.74) is 0. The van der Waals surface area contributed by atoms with Crippen LogP contribution < -0.4 is 0 Å². The summed E-state index contributed by atoms with van der Waals surface area (Å²) in [6.45, 7) is 13.3. The summed E-state index contributed by atoms with van der Waals surface area (Å²) >= 11 is 0. The molecule has 5 nitrogen and oxygen atoms in total. The van der Waals surface area contributed by atoms with Crippen molar-refractivity contribution in [2.45, 2.75) is 52.6 Å². The summed E-state index contributed by atoms with van der Waals surface area (Å²) in [6.07, 6.45) is 0. The Bertz CT molecular complexity index is 196. The van der Waals surface area contributed by atoms with Crippen LogP contribution in [0.4, 0.5) is 0 Å². The molecular formula is C13H32O5Si2. The third-order valence-electron chi connectivity index (χ3n) is 2.72. The molecule has 0 aliphatic rings. The Morgan fingerprint density at radius 1 is 0.750 bits per heavy atom. The minimum absolute atomic E-state index is 0.00146. The first-order valence-corrected chi connectivity index (χ1v) is 11.6. The van der Waals surface area contributed by atoms with E-state index in [-0.39, 0.29) is 5.91 Å². The summed E-state index contributed by atoms with van der Waals surface area (Å²) < 4.78 is 28.8. The van der Waals surface area contributed by atoms with Crippen molar-refractivity contribution in [3.8, 4) is 0 Å². The Balaban J connectivity index is 4.34. The van der Waals surface area contributed by atoms with Crippen molar-refractivity contribution in [3.05, 3.63) is 0 Å². The molecule has 0 bridgehead atoms. The molecular weight excluding hydrogens is 292 g/mol. The molecule has 0 atom stereocenters. The van der Waals surface area contributed by atoms with Crippen molar-refractivity contribution in [1.29, 1.82) is 0 Å². The first-order chi connectivity index (χ1) is 9.67. The highest BCUT2D eigenvalue weighted by molar-refractivity contribution is 6.62. The zero-order valence-corrected chi connectivity index (χ0v) is 16.2. The van der Waals surface area contributed by atoms with Gasteiger partial charge in [0, 0.05) is 39.1 Å². The molecule has 7 heteroatoms. The standard InChI is InChI=1S/C13H32O5Si2/c1-6-14-13(15-7-2)19-11-12-20(16-8-3,17-9-4)18-10-5/h13H,6-12,19H2,1-5H3. The molecule has 0 aliphatic heterocycles. The predicted molar refractivity (Wildman–Crippen MR) is 85.8 cm³/mol. The molecule has 0 fully saturated rings. The maximum atomic E-state index is 5.85. The Morgan fingerprint density at radius 3 is 1.55 bits per heavy atom. The van der Waals surface area contributed by atoms with Gasteiger partial charge in [-0.15, -0.1) is 0 Å². The number of hydrogen-bond donors (Lipinski definition) is 0. The van der Waals surface area contributed by atoms with E-state index in [1.54, 1.807) is 0 Å². The van der Waals surface area contributed by atoms with Gasteiger partial charge in [0.25, 0.3) is 0 Å². The fourth-order valence-electron chi connectivity index (χ4n) is 2.07. The average molecular weight is 325 g/mol. The third kappa shape index (κ3) is 8.50. The van der Waals surface area contributed by atoms with Crippen LogP contribution in [0.15, 0.2) is 0 Å². The lowest BCUT2D eigenvalue weighted by Gasteiger charge is -2.28. The SMILES string of the molecule is CCOC(OCC)[SiH2]CC[Si](OCC)(OCC)OCC. The van der Waals surface area contributed by atoms with Crippen LogP contribution in [0.5, 0.6) is 0 Å². The highest BCUT2D eigenvalue weighted by atomic mass is 28.4. The average Bonchev–Trinajstić information content (AvgIpc) is 2.40. The lowest BCUT2D eigenvalue weighted by Crippen LogP contribution is -2.46. The fourth-order valence-corrected chi connectivity index (χ4v) is 7.76. The normalized spacial score (nSPS) is 12.9. The van der Waals surface area contributed by atoms with Crippen LogP contribution in [0.25, 0.3) is 0 Å². The molecule has 0 N–H and O–H groups in total. The highest BCUT2D eigenvalue weighted by Gasteiger charge is 2.39. The number of ether oxygens (including phenoxy) is 2. The lowest BCUT2D eigenvalue weighted by atomic mass is 10.8. The molecule has 122 valence electrons. The fraction of sp³-hybridized carbons (Fsp3) is 1.00. The summed E-state index contributed by atoms with van der Waals surface area (Å²) in [4.78, 5) is 0. The molecule has 0 spiro atoms. The molecule has 0 unspecified atom stereocenters. The van der Waals surface area contributed by atoms with Gasteiger partial charge in [0.1, 0.15) is 5.91 Å². The van der Waals surface area contributed by atoms with Gasteiger partial charge in [-0.2, -0.15) is 0 Å². The second-order valence-electron chi connectivity index (χ2n) is 4.21. The summed E-state index contributed by atoms with van der Waals surface area (Å²) in [5.74, 6) is 0.00146. The maximum Gasteiger partial charge on any atom is 0.500 e. The van der Waals surface area contributed by atoms with Gasteiger partial charge in [-0.05, 0) is 34.6 Å². The van der Waals surface area contributed by atoms with Gasteiger partial charge < -0.3 is 22.8 Å². The third-order valence-corrected chi connectivity index (χ3v) is 8.28. The minimum atomic E-state index is -2.48. The van der Waals surface area contributed by atoms with Crippen LogP contribution >= 0.6 is 0 Å². The molecule has 0 aromatic heterocycles. The van der Waals surface area contributed by atoms with E-state index >= 15 is 0 Å². The van der Waals surface area contributed by atoms with Crippen LogP contribution in [-0.2, 0) is 22.8 Å². The van der Waals surface area contributed by atoms with Crippen LogP contribution in [0, 0.1) is 0 Å². The molecule has 0 rings (SSSR count). The Kier molecular flexibility index (Phi) is 13.1. The summed E-state index contributed by atoms with van der Waals surface area (Å²) in [5, 5.41) is 0. The number of hydrogen-bond acceptors (Lipinski definition) is 5. The van der Waals surface area contributed by atoms with Crippen molar-refractivity contribution in [1.82, 2.24) is 0 Å². The molecule has 0 radical (unpaired) electrons. The zero-order chi connectivity index (χ0) is 15.3. The number of rotatable bonds is 14.